The molecule has 0 aliphatic carbocycles. The predicted octanol–water partition coefficient (Wildman–Crippen LogP) is 3.63. The minimum Gasteiger partial charge on any atom is -0.497 e. The molecule has 0 fully saturated rings. The summed E-state index contributed by atoms with van der Waals surface area (Å²) in [7, 11) is 3.29. The average Bonchev–Trinajstić information content (AvgIpc) is 3.08. The van der Waals surface area contributed by atoms with Crippen molar-refractivity contribution < 1.29 is 9.47 Å². The van der Waals surface area contributed by atoms with E-state index in [1.165, 1.54) is 11.8 Å². The molecule has 24 heavy (non-hydrogen) atoms. The zero-order chi connectivity index (χ0) is 16.9. The van der Waals surface area contributed by atoms with Crippen LogP contribution >= 0.6 is 23.4 Å². The Bertz CT molecular complexity index is 823. The van der Waals surface area contributed by atoms with E-state index in [2.05, 4.69) is 15.5 Å². The smallest absolute Gasteiger partial charge is 0.214 e. The van der Waals surface area contributed by atoms with Crippen LogP contribution in [0.15, 0.2) is 47.6 Å². The van der Waals surface area contributed by atoms with Gasteiger partial charge in [-0.05, 0) is 52.9 Å². The van der Waals surface area contributed by atoms with Crippen LogP contribution in [0.1, 0.15) is 5.56 Å². The van der Waals surface area contributed by atoms with E-state index >= 15 is 0 Å². The number of methoxy groups -OCH3 is 2. The summed E-state index contributed by atoms with van der Waals surface area (Å²) in [5, 5.41) is 13.2. The summed E-state index contributed by atoms with van der Waals surface area (Å²) in [6, 6.07) is 13.0. The summed E-state index contributed by atoms with van der Waals surface area (Å²) >= 11 is 7.44. The third kappa shape index (κ3) is 3.63. The first-order valence-electron chi connectivity index (χ1n) is 7.09. The molecule has 8 heteroatoms. The van der Waals surface area contributed by atoms with E-state index in [0.717, 1.165) is 22.7 Å². The fraction of sp³-hybridized carbons (Fsp3) is 0.188. The molecule has 0 bridgehead atoms. The highest BCUT2D eigenvalue weighted by molar-refractivity contribution is 7.98. The molecular formula is C16H15ClN4O2S. The van der Waals surface area contributed by atoms with Gasteiger partial charge in [0.05, 0.1) is 19.9 Å². The summed E-state index contributed by atoms with van der Waals surface area (Å²) < 4.78 is 12.3. The maximum Gasteiger partial charge on any atom is 0.214 e. The van der Waals surface area contributed by atoms with Crippen molar-refractivity contribution in [1.29, 1.82) is 0 Å². The number of hydrogen-bond acceptors (Lipinski definition) is 6. The molecule has 2 aromatic carbocycles. The number of benzene rings is 2. The van der Waals surface area contributed by atoms with Crippen molar-refractivity contribution in [3.05, 3.63) is 53.1 Å². The second kappa shape index (κ2) is 7.55. The molecule has 6 nitrogen and oxygen atoms in total. The van der Waals surface area contributed by atoms with Gasteiger partial charge in [0, 0.05) is 16.3 Å². The maximum atomic E-state index is 5.92. The van der Waals surface area contributed by atoms with E-state index < -0.39 is 0 Å². The molecule has 0 spiro atoms. The number of halogens is 1. The first-order chi connectivity index (χ1) is 11.7. The van der Waals surface area contributed by atoms with Gasteiger partial charge < -0.3 is 9.47 Å². The van der Waals surface area contributed by atoms with Crippen molar-refractivity contribution in [1.82, 2.24) is 20.2 Å². The van der Waals surface area contributed by atoms with Gasteiger partial charge in [-0.1, -0.05) is 23.4 Å². The van der Waals surface area contributed by atoms with Crippen molar-refractivity contribution in [2.75, 3.05) is 14.2 Å². The second-order valence-corrected chi connectivity index (χ2v) is 6.20. The molecule has 0 atom stereocenters. The number of ether oxygens (including phenoxy) is 2. The van der Waals surface area contributed by atoms with Crippen molar-refractivity contribution in [3.63, 3.8) is 0 Å². The van der Waals surface area contributed by atoms with Gasteiger partial charge in [-0.2, -0.15) is 4.68 Å². The van der Waals surface area contributed by atoms with Crippen LogP contribution in [0.3, 0.4) is 0 Å². The number of hydrogen-bond donors (Lipinski definition) is 0. The van der Waals surface area contributed by atoms with Crippen molar-refractivity contribution in [3.8, 4) is 17.2 Å². The van der Waals surface area contributed by atoms with Crippen LogP contribution in [0.4, 0.5) is 0 Å². The average molecular weight is 363 g/mol. The lowest BCUT2D eigenvalue weighted by molar-refractivity contribution is 0.400. The Hall–Kier alpha value is -2.25. The van der Waals surface area contributed by atoms with Gasteiger partial charge in [-0.3, -0.25) is 0 Å². The third-order valence-corrected chi connectivity index (χ3v) is 4.58. The van der Waals surface area contributed by atoms with E-state index in [1.807, 2.05) is 30.3 Å². The number of thioether (sulfide) groups is 1. The van der Waals surface area contributed by atoms with Crippen molar-refractivity contribution in [2.24, 2.45) is 0 Å². The lowest BCUT2D eigenvalue weighted by Gasteiger charge is -2.10. The van der Waals surface area contributed by atoms with Gasteiger partial charge in [0.1, 0.15) is 11.5 Å². The Morgan fingerprint density at radius 3 is 2.58 bits per heavy atom. The number of aromatic nitrogens is 4. The molecule has 1 aromatic heterocycles. The molecule has 3 rings (SSSR count). The number of rotatable bonds is 6. The normalized spacial score (nSPS) is 10.6. The minimum atomic E-state index is 0.647. The zero-order valence-electron chi connectivity index (χ0n) is 13.1. The summed E-state index contributed by atoms with van der Waals surface area (Å²) in [5.74, 6) is 2.23. The van der Waals surface area contributed by atoms with Crippen LogP contribution in [-0.4, -0.2) is 34.4 Å². The summed E-state index contributed by atoms with van der Waals surface area (Å²) in [5.41, 5.74) is 1.86. The minimum absolute atomic E-state index is 0.647. The van der Waals surface area contributed by atoms with E-state index in [-0.39, 0.29) is 0 Å². The van der Waals surface area contributed by atoms with E-state index in [1.54, 1.807) is 31.0 Å². The Balaban J connectivity index is 1.81. The Labute approximate surface area is 148 Å². The molecule has 0 aliphatic heterocycles. The number of nitrogens with zero attached hydrogens (tertiary/aromatic N) is 4. The van der Waals surface area contributed by atoms with E-state index in [4.69, 9.17) is 21.1 Å². The highest BCUT2D eigenvalue weighted by atomic mass is 35.5. The van der Waals surface area contributed by atoms with Crippen LogP contribution in [-0.2, 0) is 5.75 Å². The third-order valence-electron chi connectivity index (χ3n) is 3.36. The number of tetrazole rings is 1. The standard InChI is InChI=1S/C16H15ClN4O2S/c1-22-14-7-8-15(23-2)11(9-14)10-24-16-18-19-20-21(16)13-5-3-12(17)4-6-13/h3-9H,10H2,1-2H3. The monoisotopic (exact) mass is 362 g/mol. The molecule has 1 heterocycles. The molecule has 0 saturated heterocycles. The Morgan fingerprint density at radius 1 is 1.08 bits per heavy atom. The lowest BCUT2D eigenvalue weighted by atomic mass is 10.2. The molecule has 0 aliphatic rings. The molecule has 0 saturated carbocycles. The molecule has 3 aromatic rings. The predicted molar refractivity (Wildman–Crippen MR) is 93.3 cm³/mol. The van der Waals surface area contributed by atoms with Crippen LogP contribution < -0.4 is 9.47 Å². The summed E-state index contributed by atoms with van der Waals surface area (Å²) in [4.78, 5) is 0. The summed E-state index contributed by atoms with van der Waals surface area (Å²) in [6.07, 6.45) is 0. The van der Waals surface area contributed by atoms with Gasteiger partial charge in [0.25, 0.3) is 0 Å². The summed E-state index contributed by atoms with van der Waals surface area (Å²) in [6.45, 7) is 0. The molecule has 0 N–H and O–H groups in total. The van der Waals surface area contributed by atoms with Gasteiger partial charge >= 0.3 is 0 Å². The quantitative estimate of drug-likeness (QED) is 0.624. The van der Waals surface area contributed by atoms with Gasteiger partial charge in [0.2, 0.25) is 5.16 Å². The maximum absolute atomic E-state index is 5.92. The lowest BCUT2D eigenvalue weighted by Crippen LogP contribution is -1.99. The largest absolute Gasteiger partial charge is 0.497 e. The van der Waals surface area contributed by atoms with E-state index in [9.17, 15) is 0 Å². The van der Waals surface area contributed by atoms with Crippen molar-refractivity contribution >= 4 is 23.4 Å². The Morgan fingerprint density at radius 2 is 1.88 bits per heavy atom. The van der Waals surface area contributed by atoms with Crippen LogP contribution in [0.5, 0.6) is 11.5 Å². The fourth-order valence-corrected chi connectivity index (χ4v) is 3.14. The SMILES string of the molecule is COc1ccc(OC)c(CSc2nnnn2-c2ccc(Cl)cc2)c1. The van der Waals surface area contributed by atoms with Crippen LogP contribution in [0.25, 0.3) is 5.69 Å². The molecule has 0 radical (unpaired) electrons. The Kier molecular flexibility index (Phi) is 5.22. The highest BCUT2D eigenvalue weighted by Gasteiger charge is 2.12. The second-order valence-electron chi connectivity index (χ2n) is 4.82. The van der Waals surface area contributed by atoms with Crippen LogP contribution in [0.2, 0.25) is 5.02 Å². The van der Waals surface area contributed by atoms with Crippen LogP contribution in [0, 0.1) is 0 Å². The molecule has 124 valence electrons. The van der Waals surface area contributed by atoms with Gasteiger partial charge in [-0.15, -0.1) is 5.10 Å². The van der Waals surface area contributed by atoms with Gasteiger partial charge in [0.15, 0.2) is 0 Å². The van der Waals surface area contributed by atoms with Gasteiger partial charge in [-0.25, -0.2) is 0 Å². The zero-order valence-corrected chi connectivity index (χ0v) is 14.7. The molecule has 0 unspecified atom stereocenters. The highest BCUT2D eigenvalue weighted by Crippen LogP contribution is 2.30. The first-order valence-corrected chi connectivity index (χ1v) is 8.45. The fourth-order valence-electron chi connectivity index (χ4n) is 2.15. The van der Waals surface area contributed by atoms with Crippen molar-refractivity contribution in [2.45, 2.75) is 10.9 Å². The topological polar surface area (TPSA) is 62.1 Å². The molecule has 0 amide bonds. The molecular weight excluding hydrogens is 348 g/mol. The first kappa shape index (κ1) is 16.6. The van der Waals surface area contributed by atoms with E-state index in [0.29, 0.717) is 15.9 Å².